The third-order valence-electron chi connectivity index (χ3n) is 0.768. The maximum atomic E-state index is 11.4. The fourth-order valence-electron chi connectivity index (χ4n) is 0.364. The number of halogens is 2. The van der Waals surface area contributed by atoms with Gasteiger partial charge in [-0.3, -0.25) is 0 Å². The molecule has 0 bridgehead atoms. The van der Waals surface area contributed by atoms with Crippen molar-refractivity contribution in [1.29, 1.82) is 0 Å². The summed E-state index contributed by atoms with van der Waals surface area (Å²) in [5.74, 6) is 2.13. The number of hydrogen-bond donors (Lipinski definition) is 2. The normalized spacial score (nSPS) is 8.91. The second-order valence-electron chi connectivity index (χ2n) is 1.66. The maximum absolute atomic E-state index is 11.4. The van der Waals surface area contributed by atoms with Crippen molar-refractivity contribution in [3.05, 3.63) is 0 Å². The number of rotatable bonds is 3. The Morgan fingerprint density at radius 3 is 2.64 bits per heavy atom. The summed E-state index contributed by atoms with van der Waals surface area (Å²) in [5.41, 5.74) is 0. The predicted molar refractivity (Wildman–Crippen MR) is 36.2 cm³/mol. The van der Waals surface area contributed by atoms with Crippen LogP contribution in [0.5, 0.6) is 0 Å². The van der Waals surface area contributed by atoms with E-state index < -0.39 is 19.0 Å². The second kappa shape index (κ2) is 5.47. The number of alkyl halides is 2. The summed E-state index contributed by atoms with van der Waals surface area (Å²) in [4.78, 5) is 10.5. The Balaban J connectivity index is 3.32. The smallest absolute Gasteiger partial charge is 0.315 e. The molecule has 0 aromatic carbocycles. The summed E-state index contributed by atoms with van der Waals surface area (Å²) < 4.78 is 22.9. The first-order valence-electron chi connectivity index (χ1n) is 2.90. The summed E-state index contributed by atoms with van der Waals surface area (Å²) in [6, 6.07) is -0.678. The summed E-state index contributed by atoms with van der Waals surface area (Å²) in [7, 11) is 0. The Morgan fingerprint density at radius 2 is 2.18 bits per heavy atom. The van der Waals surface area contributed by atoms with E-state index >= 15 is 0 Å². The molecule has 62 valence electrons. The molecule has 2 amide bonds. The van der Waals surface area contributed by atoms with E-state index in [2.05, 4.69) is 11.2 Å². The Labute approximate surface area is 63.2 Å². The molecular formula is C6H8F2N2O. The monoisotopic (exact) mass is 162 g/mol. The molecule has 5 heteroatoms. The molecule has 0 saturated carbocycles. The summed E-state index contributed by atoms with van der Waals surface area (Å²) in [6.45, 7) is -0.620. The number of nitrogens with one attached hydrogen (secondary N) is 2. The zero-order valence-electron chi connectivity index (χ0n) is 5.73. The number of terminal acetylenes is 1. The largest absolute Gasteiger partial charge is 0.332 e. The molecule has 0 aliphatic heterocycles. The lowest BCUT2D eigenvalue weighted by Crippen LogP contribution is -2.38. The first-order valence-corrected chi connectivity index (χ1v) is 2.90. The van der Waals surface area contributed by atoms with E-state index in [1.165, 1.54) is 0 Å². The van der Waals surface area contributed by atoms with E-state index in [0.717, 1.165) is 0 Å². The fourth-order valence-corrected chi connectivity index (χ4v) is 0.364. The van der Waals surface area contributed by atoms with Crippen LogP contribution in [0.25, 0.3) is 0 Å². The molecule has 11 heavy (non-hydrogen) atoms. The van der Waals surface area contributed by atoms with Gasteiger partial charge in [-0.25, -0.2) is 13.6 Å². The number of carbonyl (C=O) groups excluding carboxylic acids is 1. The molecule has 0 aliphatic rings. The number of hydrogen-bond acceptors (Lipinski definition) is 1. The lowest BCUT2D eigenvalue weighted by atomic mass is 10.6. The first kappa shape index (κ1) is 9.69. The summed E-state index contributed by atoms with van der Waals surface area (Å²) in [6.07, 6.45) is 2.26. The summed E-state index contributed by atoms with van der Waals surface area (Å²) in [5, 5.41) is 4.09. The van der Waals surface area contributed by atoms with Gasteiger partial charge in [0.2, 0.25) is 0 Å². The number of amides is 2. The van der Waals surface area contributed by atoms with E-state index in [4.69, 9.17) is 6.42 Å². The molecule has 0 aromatic heterocycles. The Kier molecular flexibility index (Phi) is 4.82. The third kappa shape index (κ3) is 6.58. The van der Waals surface area contributed by atoms with Crippen molar-refractivity contribution in [2.75, 3.05) is 13.1 Å². The van der Waals surface area contributed by atoms with Crippen molar-refractivity contribution in [2.24, 2.45) is 0 Å². The molecule has 3 nitrogen and oxygen atoms in total. The zero-order valence-corrected chi connectivity index (χ0v) is 5.73. The maximum Gasteiger partial charge on any atom is 0.315 e. The van der Waals surface area contributed by atoms with Crippen LogP contribution in [0.3, 0.4) is 0 Å². The van der Waals surface area contributed by atoms with Crippen molar-refractivity contribution >= 4 is 6.03 Å². The molecule has 0 unspecified atom stereocenters. The molecule has 0 atom stereocenters. The highest BCUT2D eigenvalue weighted by atomic mass is 19.3. The summed E-state index contributed by atoms with van der Waals surface area (Å²) >= 11 is 0. The van der Waals surface area contributed by atoms with Crippen molar-refractivity contribution in [1.82, 2.24) is 10.6 Å². The van der Waals surface area contributed by atoms with Gasteiger partial charge in [-0.05, 0) is 0 Å². The molecule has 0 heterocycles. The van der Waals surface area contributed by atoms with Gasteiger partial charge in [-0.15, -0.1) is 6.42 Å². The molecule has 2 N–H and O–H groups in total. The van der Waals surface area contributed by atoms with E-state index in [0.29, 0.717) is 0 Å². The van der Waals surface area contributed by atoms with Crippen LogP contribution in [0, 0.1) is 12.3 Å². The quantitative estimate of drug-likeness (QED) is 0.571. The molecule has 0 aromatic rings. The van der Waals surface area contributed by atoms with E-state index in [9.17, 15) is 13.6 Å². The standard InChI is InChI=1S/C6H8F2N2O/c1-2-3-9-6(11)10-4-5(7)8/h1,5H,3-4H2,(H2,9,10,11). The Morgan fingerprint density at radius 1 is 1.55 bits per heavy atom. The van der Waals surface area contributed by atoms with E-state index in [1.54, 1.807) is 0 Å². The highest BCUT2D eigenvalue weighted by Crippen LogP contribution is 1.86. The molecule has 0 spiro atoms. The van der Waals surface area contributed by atoms with Gasteiger partial charge in [-0.2, -0.15) is 0 Å². The van der Waals surface area contributed by atoms with Crippen LogP contribution >= 0.6 is 0 Å². The van der Waals surface area contributed by atoms with Crippen LogP contribution in [0.2, 0.25) is 0 Å². The van der Waals surface area contributed by atoms with E-state index in [-0.39, 0.29) is 6.54 Å². The first-order chi connectivity index (χ1) is 5.16. The van der Waals surface area contributed by atoms with Crippen LogP contribution in [-0.2, 0) is 0 Å². The minimum atomic E-state index is -2.54. The van der Waals surface area contributed by atoms with Crippen molar-refractivity contribution in [2.45, 2.75) is 6.43 Å². The topological polar surface area (TPSA) is 41.1 Å². The van der Waals surface area contributed by atoms with Gasteiger partial charge in [0.05, 0.1) is 13.1 Å². The second-order valence-corrected chi connectivity index (χ2v) is 1.66. The SMILES string of the molecule is C#CCNC(=O)NCC(F)F. The lowest BCUT2D eigenvalue weighted by Gasteiger charge is -2.03. The molecule has 0 rings (SSSR count). The van der Waals surface area contributed by atoms with Gasteiger partial charge in [0, 0.05) is 0 Å². The molecular weight excluding hydrogens is 154 g/mol. The van der Waals surface area contributed by atoms with Crippen molar-refractivity contribution < 1.29 is 13.6 Å². The molecule has 0 saturated heterocycles. The minimum absolute atomic E-state index is 0.0368. The van der Waals surface area contributed by atoms with Crippen LogP contribution in [0.1, 0.15) is 0 Å². The zero-order chi connectivity index (χ0) is 8.69. The Hall–Kier alpha value is -1.31. The van der Waals surface area contributed by atoms with Gasteiger partial charge in [-0.1, -0.05) is 5.92 Å². The van der Waals surface area contributed by atoms with Crippen molar-refractivity contribution in [3.8, 4) is 12.3 Å². The Bertz CT molecular complexity index is 164. The minimum Gasteiger partial charge on any atom is -0.332 e. The average Bonchev–Trinajstić information content (AvgIpc) is 1.97. The molecule has 0 aliphatic carbocycles. The highest BCUT2D eigenvalue weighted by Gasteiger charge is 2.03. The molecule has 0 radical (unpaired) electrons. The van der Waals surface area contributed by atoms with E-state index in [1.807, 2.05) is 5.32 Å². The van der Waals surface area contributed by atoms with Crippen LogP contribution in [-0.4, -0.2) is 25.5 Å². The van der Waals surface area contributed by atoms with Gasteiger partial charge >= 0.3 is 6.03 Å². The number of urea groups is 1. The fraction of sp³-hybridized carbons (Fsp3) is 0.500. The average molecular weight is 162 g/mol. The van der Waals surface area contributed by atoms with Gasteiger partial charge in [0.15, 0.2) is 0 Å². The van der Waals surface area contributed by atoms with Crippen LogP contribution in [0.4, 0.5) is 13.6 Å². The van der Waals surface area contributed by atoms with Crippen LogP contribution in [0.15, 0.2) is 0 Å². The van der Waals surface area contributed by atoms with Gasteiger partial charge < -0.3 is 10.6 Å². The van der Waals surface area contributed by atoms with Gasteiger partial charge in [0.25, 0.3) is 6.43 Å². The third-order valence-corrected chi connectivity index (χ3v) is 0.768. The van der Waals surface area contributed by atoms with Gasteiger partial charge in [0.1, 0.15) is 0 Å². The highest BCUT2D eigenvalue weighted by molar-refractivity contribution is 5.74. The predicted octanol–water partition coefficient (Wildman–Crippen LogP) is 0.184. The number of carbonyl (C=O) groups is 1. The molecule has 0 fully saturated rings. The lowest BCUT2D eigenvalue weighted by molar-refractivity contribution is 0.146. The van der Waals surface area contributed by atoms with Crippen molar-refractivity contribution in [3.63, 3.8) is 0 Å². The van der Waals surface area contributed by atoms with Crippen LogP contribution < -0.4 is 10.6 Å².